The van der Waals surface area contributed by atoms with Crippen molar-refractivity contribution in [2.24, 2.45) is 0 Å². The Labute approximate surface area is 96.5 Å². The Morgan fingerprint density at radius 3 is 2.88 bits per heavy atom. The summed E-state index contributed by atoms with van der Waals surface area (Å²) < 4.78 is 1.78. The van der Waals surface area contributed by atoms with Crippen LogP contribution in [0.5, 0.6) is 0 Å². The molecule has 1 aromatic heterocycles. The molecule has 0 unspecified atom stereocenters. The summed E-state index contributed by atoms with van der Waals surface area (Å²) in [6, 6.07) is 5.67. The minimum Gasteiger partial charge on any atom is -0.475 e. The maximum absolute atomic E-state index is 11.1. The summed E-state index contributed by atoms with van der Waals surface area (Å²) in [7, 11) is 0. The quantitative estimate of drug-likeness (QED) is 0.872. The van der Waals surface area contributed by atoms with E-state index in [-0.39, 0.29) is 11.9 Å². The number of rotatable bonds is 2. The topological polar surface area (TPSA) is 55.1 Å². The van der Waals surface area contributed by atoms with Crippen molar-refractivity contribution < 1.29 is 9.90 Å². The lowest BCUT2D eigenvalue weighted by atomic mass is 10.3. The van der Waals surface area contributed by atoms with Gasteiger partial charge in [0, 0.05) is 6.04 Å². The van der Waals surface area contributed by atoms with Gasteiger partial charge in [-0.25, -0.2) is 9.78 Å². The van der Waals surface area contributed by atoms with Crippen LogP contribution in [0.4, 0.5) is 0 Å². The van der Waals surface area contributed by atoms with Crippen LogP contribution >= 0.6 is 11.6 Å². The van der Waals surface area contributed by atoms with E-state index in [0.717, 1.165) is 18.4 Å². The second-order valence-electron chi connectivity index (χ2n) is 3.95. The van der Waals surface area contributed by atoms with E-state index in [0.29, 0.717) is 10.5 Å². The lowest BCUT2D eigenvalue weighted by Crippen LogP contribution is -2.08. The zero-order valence-corrected chi connectivity index (χ0v) is 9.11. The Hall–Kier alpha value is -1.55. The van der Waals surface area contributed by atoms with Crippen molar-refractivity contribution >= 4 is 28.6 Å². The van der Waals surface area contributed by atoms with Crippen LogP contribution < -0.4 is 0 Å². The highest BCUT2D eigenvalue weighted by Crippen LogP contribution is 2.39. The fourth-order valence-electron chi connectivity index (χ4n) is 1.94. The van der Waals surface area contributed by atoms with Crippen molar-refractivity contribution in [1.29, 1.82) is 0 Å². The molecule has 1 N–H and O–H groups in total. The standard InChI is InChI=1S/C11H9ClN2O2/c12-7-2-1-3-8-9(7)13-10(11(15)16)14(8)6-4-5-6/h1-3,6H,4-5H2,(H,15,16). The summed E-state index contributed by atoms with van der Waals surface area (Å²) in [5, 5.41) is 9.61. The number of aromatic carboxylic acids is 1. The Kier molecular flexibility index (Phi) is 1.94. The molecule has 4 nitrogen and oxygen atoms in total. The van der Waals surface area contributed by atoms with Gasteiger partial charge >= 0.3 is 5.97 Å². The Morgan fingerprint density at radius 2 is 2.25 bits per heavy atom. The molecule has 1 heterocycles. The van der Waals surface area contributed by atoms with Crippen LogP contribution in [-0.2, 0) is 0 Å². The third-order valence-electron chi connectivity index (χ3n) is 2.77. The molecule has 1 aliphatic carbocycles. The molecule has 0 saturated heterocycles. The maximum atomic E-state index is 11.1. The lowest BCUT2D eigenvalue weighted by molar-refractivity contribution is 0.0678. The van der Waals surface area contributed by atoms with Gasteiger partial charge in [-0.15, -0.1) is 0 Å². The number of nitrogens with zero attached hydrogens (tertiary/aromatic N) is 2. The van der Waals surface area contributed by atoms with Gasteiger partial charge in [0.1, 0.15) is 5.52 Å². The molecule has 82 valence electrons. The highest BCUT2D eigenvalue weighted by atomic mass is 35.5. The summed E-state index contributed by atoms with van der Waals surface area (Å²) in [5.41, 5.74) is 1.39. The number of carboxylic acids is 1. The number of benzene rings is 1. The van der Waals surface area contributed by atoms with Gasteiger partial charge in [0.15, 0.2) is 0 Å². The fourth-order valence-corrected chi connectivity index (χ4v) is 2.15. The number of aromatic nitrogens is 2. The van der Waals surface area contributed by atoms with Gasteiger partial charge < -0.3 is 9.67 Å². The molecule has 16 heavy (non-hydrogen) atoms. The summed E-state index contributed by atoms with van der Waals surface area (Å²) >= 11 is 6.00. The van der Waals surface area contributed by atoms with E-state index in [4.69, 9.17) is 16.7 Å². The monoisotopic (exact) mass is 236 g/mol. The molecular formula is C11H9ClN2O2. The van der Waals surface area contributed by atoms with Crippen molar-refractivity contribution in [2.45, 2.75) is 18.9 Å². The van der Waals surface area contributed by atoms with Crippen LogP contribution in [0.15, 0.2) is 18.2 Å². The zero-order valence-electron chi connectivity index (χ0n) is 8.35. The molecule has 0 bridgehead atoms. The van der Waals surface area contributed by atoms with Gasteiger partial charge in [0.25, 0.3) is 0 Å². The predicted octanol–water partition coefficient (Wildman–Crippen LogP) is 2.72. The number of imidazole rings is 1. The fraction of sp³-hybridized carbons (Fsp3) is 0.273. The molecule has 0 amide bonds. The van der Waals surface area contributed by atoms with Crippen molar-refractivity contribution in [1.82, 2.24) is 9.55 Å². The smallest absolute Gasteiger partial charge is 0.372 e. The second-order valence-corrected chi connectivity index (χ2v) is 4.36. The minimum absolute atomic E-state index is 0.0885. The molecular weight excluding hydrogens is 228 g/mol. The largest absolute Gasteiger partial charge is 0.475 e. The molecule has 1 saturated carbocycles. The number of carboxylic acid groups (broad SMARTS) is 1. The molecule has 0 radical (unpaired) electrons. The van der Waals surface area contributed by atoms with Crippen molar-refractivity contribution in [3.63, 3.8) is 0 Å². The number of halogens is 1. The summed E-state index contributed by atoms with van der Waals surface area (Å²) in [5.74, 6) is -0.912. The first-order chi connectivity index (χ1) is 7.68. The second kappa shape index (κ2) is 3.22. The molecule has 0 atom stereocenters. The van der Waals surface area contributed by atoms with Crippen LogP contribution in [0.25, 0.3) is 11.0 Å². The highest BCUT2D eigenvalue weighted by Gasteiger charge is 2.30. The van der Waals surface area contributed by atoms with Crippen LogP contribution in [0.3, 0.4) is 0 Å². The van der Waals surface area contributed by atoms with E-state index in [2.05, 4.69) is 4.98 Å². The molecule has 1 fully saturated rings. The highest BCUT2D eigenvalue weighted by molar-refractivity contribution is 6.35. The molecule has 1 aliphatic rings. The zero-order chi connectivity index (χ0) is 11.3. The van der Waals surface area contributed by atoms with Crippen molar-refractivity contribution in [3.05, 3.63) is 29.0 Å². The average Bonchev–Trinajstić information content (AvgIpc) is 2.99. The van der Waals surface area contributed by atoms with Gasteiger partial charge in [-0.05, 0) is 25.0 Å². The summed E-state index contributed by atoms with van der Waals surface area (Å²) in [6.07, 6.45) is 2.02. The maximum Gasteiger partial charge on any atom is 0.372 e. The number of hydrogen-bond acceptors (Lipinski definition) is 2. The van der Waals surface area contributed by atoms with Gasteiger partial charge in [-0.1, -0.05) is 17.7 Å². The summed E-state index contributed by atoms with van der Waals surface area (Å²) in [4.78, 5) is 15.2. The molecule has 0 aliphatic heterocycles. The number of para-hydroxylation sites is 1. The third kappa shape index (κ3) is 1.30. The van der Waals surface area contributed by atoms with Crippen LogP contribution in [0.1, 0.15) is 29.5 Å². The first-order valence-electron chi connectivity index (χ1n) is 5.08. The normalized spacial score (nSPS) is 15.6. The predicted molar refractivity (Wildman–Crippen MR) is 60.0 cm³/mol. The van der Waals surface area contributed by atoms with Crippen LogP contribution in [0, 0.1) is 0 Å². The van der Waals surface area contributed by atoms with Crippen molar-refractivity contribution in [2.75, 3.05) is 0 Å². The number of hydrogen-bond donors (Lipinski definition) is 1. The SMILES string of the molecule is O=C(O)c1nc2c(Cl)cccc2n1C1CC1. The van der Waals surface area contributed by atoms with E-state index >= 15 is 0 Å². The van der Waals surface area contributed by atoms with Gasteiger partial charge in [-0.3, -0.25) is 0 Å². The Bertz CT molecular complexity index is 587. The minimum atomic E-state index is -1.00. The van der Waals surface area contributed by atoms with Crippen molar-refractivity contribution in [3.8, 4) is 0 Å². The van der Waals surface area contributed by atoms with E-state index in [1.165, 1.54) is 0 Å². The molecule has 0 spiro atoms. The first kappa shape index (κ1) is 9.66. The Morgan fingerprint density at radius 1 is 1.50 bits per heavy atom. The third-order valence-corrected chi connectivity index (χ3v) is 3.08. The number of fused-ring (bicyclic) bond motifs is 1. The van der Waals surface area contributed by atoms with Gasteiger partial charge in [0.2, 0.25) is 5.82 Å². The molecule has 5 heteroatoms. The van der Waals surface area contributed by atoms with Crippen LogP contribution in [0.2, 0.25) is 5.02 Å². The average molecular weight is 237 g/mol. The molecule has 3 rings (SSSR count). The van der Waals surface area contributed by atoms with E-state index in [1.54, 1.807) is 10.6 Å². The molecule has 2 aromatic rings. The number of carbonyl (C=O) groups is 1. The van der Waals surface area contributed by atoms with E-state index < -0.39 is 5.97 Å². The van der Waals surface area contributed by atoms with E-state index in [9.17, 15) is 4.79 Å². The Balaban J connectivity index is 2.37. The van der Waals surface area contributed by atoms with Gasteiger partial charge in [-0.2, -0.15) is 0 Å². The van der Waals surface area contributed by atoms with E-state index in [1.807, 2.05) is 12.1 Å². The lowest BCUT2D eigenvalue weighted by Gasteiger charge is -2.03. The first-order valence-corrected chi connectivity index (χ1v) is 5.46. The summed E-state index contributed by atoms with van der Waals surface area (Å²) in [6.45, 7) is 0. The van der Waals surface area contributed by atoms with Gasteiger partial charge in [0.05, 0.1) is 10.5 Å². The van der Waals surface area contributed by atoms with Crippen LogP contribution in [-0.4, -0.2) is 20.6 Å². The molecule has 1 aromatic carbocycles.